The second-order valence-electron chi connectivity index (χ2n) is 5.56. The highest BCUT2D eigenvalue weighted by atomic mass is 16.5. The first-order valence-electron chi connectivity index (χ1n) is 6.80. The maximum absolute atomic E-state index is 12.5. The van der Waals surface area contributed by atoms with E-state index in [2.05, 4.69) is 13.8 Å². The van der Waals surface area contributed by atoms with Crippen molar-refractivity contribution >= 4 is 5.78 Å². The zero-order valence-electron chi connectivity index (χ0n) is 11.5. The fourth-order valence-electron chi connectivity index (χ4n) is 2.80. The van der Waals surface area contributed by atoms with Gasteiger partial charge in [-0.2, -0.15) is 0 Å². The summed E-state index contributed by atoms with van der Waals surface area (Å²) in [5.41, 5.74) is 0.793. The molecule has 1 aliphatic rings. The molecule has 0 N–H and O–H groups in total. The second kappa shape index (κ2) is 5.55. The summed E-state index contributed by atoms with van der Waals surface area (Å²) < 4.78 is 5.18. The number of benzene rings is 1. The molecule has 2 rings (SSSR count). The number of hydrogen-bond donors (Lipinski definition) is 0. The molecule has 0 aromatic heterocycles. The van der Waals surface area contributed by atoms with E-state index in [1.165, 1.54) is 6.42 Å². The van der Waals surface area contributed by atoms with Crippen LogP contribution in [0.15, 0.2) is 24.3 Å². The molecule has 1 saturated carbocycles. The number of methoxy groups -OCH3 is 1. The standard InChI is InChI=1S/C16H22O2/c1-11-7-8-14(9-12(11)2)16(17)13-5-4-6-15(10-13)18-3/h4-6,10-12,14H,7-9H2,1-3H3. The Morgan fingerprint density at radius 2 is 2.00 bits per heavy atom. The first-order chi connectivity index (χ1) is 8.61. The number of ketones is 1. The third-order valence-corrected chi connectivity index (χ3v) is 4.32. The normalized spacial score (nSPS) is 27.8. The monoisotopic (exact) mass is 246 g/mol. The smallest absolute Gasteiger partial charge is 0.166 e. The van der Waals surface area contributed by atoms with E-state index in [4.69, 9.17) is 4.74 Å². The van der Waals surface area contributed by atoms with E-state index in [-0.39, 0.29) is 11.7 Å². The summed E-state index contributed by atoms with van der Waals surface area (Å²) in [7, 11) is 1.63. The molecular formula is C16H22O2. The Morgan fingerprint density at radius 3 is 2.67 bits per heavy atom. The van der Waals surface area contributed by atoms with E-state index in [0.29, 0.717) is 5.92 Å². The zero-order valence-corrected chi connectivity index (χ0v) is 11.5. The first kappa shape index (κ1) is 13.1. The summed E-state index contributed by atoms with van der Waals surface area (Å²) in [4.78, 5) is 12.5. The van der Waals surface area contributed by atoms with Crippen LogP contribution < -0.4 is 4.74 Å². The Morgan fingerprint density at radius 1 is 1.22 bits per heavy atom. The minimum absolute atomic E-state index is 0.198. The molecule has 18 heavy (non-hydrogen) atoms. The Bertz CT molecular complexity index is 425. The third kappa shape index (κ3) is 2.74. The van der Waals surface area contributed by atoms with Gasteiger partial charge in [-0.25, -0.2) is 0 Å². The van der Waals surface area contributed by atoms with Crippen molar-refractivity contribution < 1.29 is 9.53 Å². The topological polar surface area (TPSA) is 26.3 Å². The van der Waals surface area contributed by atoms with E-state index >= 15 is 0 Å². The third-order valence-electron chi connectivity index (χ3n) is 4.32. The zero-order chi connectivity index (χ0) is 13.1. The summed E-state index contributed by atoms with van der Waals surface area (Å²) in [6.07, 6.45) is 3.22. The number of Topliss-reactive ketones (excluding diaryl/α,β-unsaturated/α-hetero) is 1. The van der Waals surface area contributed by atoms with Crippen molar-refractivity contribution in [1.29, 1.82) is 0 Å². The molecular weight excluding hydrogens is 224 g/mol. The van der Waals surface area contributed by atoms with Crippen LogP contribution >= 0.6 is 0 Å². The van der Waals surface area contributed by atoms with E-state index in [9.17, 15) is 4.79 Å². The van der Waals surface area contributed by atoms with Gasteiger partial charge < -0.3 is 4.74 Å². The lowest BCUT2D eigenvalue weighted by Crippen LogP contribution is -2.26. The van der Waals surface area contributed by atoms with Crippen molar-refractivity contribution in [2.75, 3.05) is 7.11 Å². The molecule has 0 radical (unpaired) electrons. The second-order valence-corrected chi connectivity index (χ2v) is 5.56. The Kier molecular flexibility index (Phi) is 4.05. The Balaban J connectivity index is 2.11. The molecule has 0 spiro atoms. The van der Waals surface area contributed by atoms with Gasteiger partial charge in [0.15, 0.2) is 5.78 Å². The average Bonchev–Trinajstić information content (AvgIpc) is 2.41. The van der Waals surface area contributed by atoms with E-state index < -0.39 is 0 Å². The van der Waals surface area contributed by atoms with E-state index in [1.807, 2.05) is 24.3 Å². The lowest BCUT2D eigenvalue weighted by Gasteiger charge is -2.31. The molecule has 0 bridgehead atoms. The highest BCUT2D eigenvalue weighted by Crippen LogP contribution is 2.35. The molecule has 3 atom stereocenters. The van der Waals surface area contributed by atoms with E-state index in [0.717, 1.165) is 30.1 Å². The maximum Gasteiger partial charge on any atom is 0.166 e. The van der Waals surface area contributed by atoms with Crippen LogP contribution in [0.1, 0.15) is 43.5 Å². The predicted octanol–water partition coefficient (Wildman–Crippen LogP) is 3.95. The molecule has 98 valence electrons. The molecule has 0 amide bonds. The van der Waals surface area contributed by atoms with Gasteiger partial charge in [-0.05, 0) is 43.2 Å². The predicted molar refractivity (Wildman–Crippen MR) is 73.0 cm³/mol. The van der Waals surface area contributed by atoms with Gasteiger partial charge in [0.05, 0.1) is 7.11 Å². The van der Waals surface area contributed by atoms with Gasteiger partial charge >= 0.3 is 0 Å². The SMILES string of the molecule is COc1cccc(C(=O)C2CCC(C)C(C)C2)c1. The lowest BCUT2D eigenvalue weighted by molar-refractivity contribution is 0.0837. The van der Waals surface area contributed by atoms with Crippen LogP contribution in [0.4, 0.5) is 0 Å². The fourth-order valence-corrected chi connectivity index (χ4v) is 2.80. The van der Waals surface area contributed by atoms with Gasteiger partial charge in [0, 0.05) is 11.5 Å². The number of carbonyl (C=O) groups is 1. The highest BCUT2D eigenvalue weighted by Gasteiger charge is 2.29. The summed E-state index contributed by atoms with van der Waals surface area (Å²) in [5.74, 6) is 2.65. The summed E-state index contributed by atoms with van der Waals surface area (Å²) in [6, 6.07) is 7.52. The van der Waals surface area contributed by atoms with Gasteiger partial charge in [0.1, 0.15) is 5.75 Å². The van der Waals surface area contributed by atoms with Gasteiger partial charge in [0.2, 0.25) is 0 Å². The number of hydrogen-bond acceptors (Lipinski definition) is 2. The van der Waals surface area contributed by atoms with Crippen LogP contribution in [0.3, 0.4) is 0 Å². The van der Waals surface area contributed by atoms with Crippen LogP contribution in [0, 0.1) is 17.8 Å². The van der Waals surface area contributed by atoms with Crippen LogP contribution in [-0.2, 0) is 0 Å². The van der Waals surface area contributed by atoms with Crippen molar-refractivity contribution in [1.82, 2.24) is 0 Å². The molecule has 2 heteroatoms. The van der Waals surface area contributed by atoms with Gasteiger partial charge in [-0.1, -0.05) is 26.0 Å². The van der Waals surface area contributed by atoms with Gasteiger partial charge in [-0.15, -0.1) is 0 Å². The van der Waals surface area contributed by atoms with Crippen LogP contribution in [0.25, 0.3) is 0 Å². The molecule has 0 aliphatic heterocycles. The average molecular weight is 246 g/mol. The molecule has 1 aromatic rings. The van der Waals surface area contributed by atoms with Crippen LogP contribution in [0.5, 0.6) is 5.75 Å². The Labute approximate surface area is 109 Å². The minimum atomic E-state index is 0.198. The molecule has 0 heterocycles. The number of carbonyl (C=O) groups excluding carboxylic acids is 1. The van der Waals surface area contributed by atoms with Crippen molar-refractivity contribution in [3.05, 3.63) is 29.8 Å². The number of ether oxygens (including phenoxy) is 1. The van der Waals surface area contributed by atoms with Crippen molar-refractivity contribution in [3.8, 4) is 5.75 Å². The van der Waals surface area contributed by atoms with Gasteiger partial charge in [0.25, 0.3) is 0 Å². The maximum atomic E-state index is 12.5. The van der Waals surface area contributed by atoms with Crippen LogP contribution in [-0.4, -0.2) is 12.9 Å². The first-order valence-corrected chi connectivity index (χ1v) is 6.80. The minimum Gasteiger partial charge on any atom is -0.497 e. The lowest BCUT2D eigenvalue weighted by atomic mass is 9.73. The molecule has 2 nitrogen and oxygen atoms in total. The summed E-state index contributed by atoms with van der Waals surface area (Å²) >= 11 is 0. The van der Waals surface area contributed by atoms with Crippen molar-refractivity contribution in [2.45, 2.75) is 33.1 Å². The molecule has 1 aromatic carbocycles. The molecule has 1 aliphatic carbocycles. The molecule has 3 unspecified atom stereocenters. The van der Waals surface area contributed by atoms with E-state index in [1.54, 1.807) is 7.11 Å². The van der Waals surface area contributed by atoms with Crippen molar-refractivity contribution in [2.24, 2.45) is 17.8 Å². The quantitative estimate of drug-likeness (QED) is 0.755. The molecule has 1 fully saturated rings. The van der Waals surface area contributed by atoms with Crippen LogP contribution in [0.2, 0.25) is 0 Å². The molecule has 0 saturated heterocycles. The highest BCUT2D eigenvalue weighted by molar-refractivity contribution is 5.98. The summed E-state index contributed by atoms with van der Waals surface area (Å²) in [6.45, 7) is 4.55. The number of rotatable bonds is 3. The Hall–Kier alpha value is -1.31. The largest absolute Gasteiger partial charge is 0.497 e. The summed E-state index contributed by atoms with van der Waals surface area (Å²) in [5, 5.41) is 0. The van der Waals surface area contributed by atoms with Gasteiger partial charge in [-0.3, -0.25) is 4.79 Å². The van der Waals surface area contributed by atoms with Crippen molar-refractivity contribution in [3.63, 3.8) is 0 Å². The fraction of sp³-hybridized carbons (Fsp3) is 0.562.